The van der Waals surface area contributed by atoms with Crippen LogP contribution in [0.2, 0.25) is 0 Å². The molecule has 0 bridgehead atoms. The van der Waals surface area contributed by atoms with E-state index in [9.17, 15) is 0 Å². The summed E-state index contributed by atoms with van der Waals surface area (Å²) in [6, 6.07) is 60.2. The van der Waals surface area contributed by atoms with Crippen LogP contribution in [0.1, 0.15) is 65.0 Å². The molecule has 0 radical (unpaired) electrons. The number of nitrogens with zero attached hydrogens (tertiary/aromatic N) is 2. The molecule has 0 saturated carbocycles. The van der Waals surface area contributed by atoms with Crippen LogP contribution in [-0.4, -0.2) is 0 Å². The molecule has 0 aliphatic carbocycles. The van der Waals surface area contributed by atoms with Crippen LogP contribution in [0.25, 0.3) is 21.5 Å². The molecule has 2 heteroatoms. The van der Waals surface area contributed by atoms with Gasteiger partial charge in [-0.2, -0.15) is 0 Å². The van der Waals surface area contributed by atoms with E-state index in [1.165, 1.54) is 38.4 Å². The summed E-state index contributed by atoms with van der Waals surface area (Å²) in [6.07, 6.45) is 3.21. The lowest BCUT2D eigenvalue weighted by Gasteiger charge is -2.43. The highest BCUT2D eigenvalue weighted by molar-refractivity contribution is 5.92. The first kappa shape index (κ1) is 33.2. The Morgan fingerprint density at radius 1 is 0.380 bits per heavy atom. The molecule has 0 aromatic heterocycles. The van der Waals surface area contributed by atoms with Crippen molar-refractivity contribution in [3.05, 3.63) is 175 Å². The van der Waals surface area contributed by atoms with Gasteiger partial charge in [-0.05, 0) is 125 Å². The predicted octanol–water partition coefficient (Wildman–Crippen LogP) is 14.0. The first-order valence-corrected chi connectivity index (χ1v) is 18.2. The van der Waals surface area contributed by atoms with Gasteiger partial charge in [-0.1, -0.05) is 131 Å². The van der Waals surface area contributed by atoms with E-state index in [0.717, 1.165) is 42.0 Å². The molecule has 0 fully saturated rings. The van der Waals surface area contributed by atoms with E-state index in [1.807, 2.05) is 0 Å². The molecule has 7 aromatic rings. The largest absolute Gasteiger partial charge is 0.331 e. The van der Waals surface area contributed by atoms with E-state index in [4.69, 9.17) is 0 Å². The molecular weight excluding hydrogens is 605 g/mol. The summed E-state index contributed by atoms with van der Waals surface area (Å²) < 4.78 is 0. The number of hydrogen-bond donors (Lipinski definition) is 0. The van der Waals surface area contributed by atoms with Crippen molar-refractivity contribution in [1.82, 2.24) is 0 Å². The first-order valence-electron chi connectivity index (χ1n) is 18.2. The van der Waals surface area contributed by atoms with Gasteiger partial charge in [0.05, 0.1) is 5.54 Å². The van der Waals surface area contributed by atoms with Crippen molar-refractivity contribution < 1.29 is 0 Å². The fraction of sp³-hybridized carbons (Fsp3) is 0.208. The predicted molar refractivity (Wildman–Crippen MR) is 217 cm³/mol. The maximum absolute atomic E-state index is 2.53. The topological polar surface area (TPSA) is 6.48 Å². The standard InChI is InChI=1S/C48H48N2/c1-6-47(4,7-2)40-24-26-41(27-25-40)48(5,8-3)50(43-20-10-9-11-21-43)44-32-30-42(31-33-44)49(45-28-22-36-16-12-14-18-38(36)34-45)46-29-23-37-17-13-15-19-39(37)35-46/h9-35H,6-8H2,1-5H3. The van der Waals surface area contributed by atoms with Crippen molar-refractivity contribution in [1.29, 1.82) is 0 Å². The van der Waals surface area contributed by atoms with Crippen molar-refractivity contribution >= 4 is 50.0 Å². The number of anilines is 5. The van der Waals surface area contributed by atoms with Crippen molar-refractivity contribution in [3.8, 4) is 0 Å². The average molecular weight is 653 g/mol. The summed E-state index contributed by atoms with van der Waals surface area (Å²) >= 11 is 0. The monoisotopic (exact) mass is 652 g/mol. The molecule has 2 nitrogen and oxygen atoms in total. The van der Waals surface area contributed by atoms with E-state index in [2.05, 4.69) is 208 Å². The number of hydrogen-bond acceptors (Lipinski definition) is 2. The van der Waals surface area contributed by atoms with Gasteiger partial charge < -0.3 is 9.80 Å². The van der Waals surface area contributed by atoms with E-state index in [1.54, 1.807) is 0 Å². The second-order valence-electron chi connectivity index (χ2n) is 14.1. The molecule has 0 heterocycles. The molecule has 0 aliphatic rings. The Kier molecular flexibility index (Phi) is 9.21. The third-order valence-electron chi connectivity index (χ3n) is 11.3. The van der Waals surface area contributed by atoms with E-state index in [0.29, 0.717) is 0 Å². The van der Waals surface area contributed by atoms with Gasteiger partial charge in [0.1, 0.15) is 0 Å². The van der Waals surface area contributed by atoms with Gasteiger partial charge in [0.15, 0.2) is 0 Å². The molecule has 50 heavy (non-hydrogen) atoms. The van der Waals surface area contributed by atoms with Gasteiger partial charge in [-0.15, -0.1) is 0 Å². The Morgan fingerprint density at radius 3 is 1.30 bits per heavy atom. The molecule has 1 atom stereocenters. The minimum absolute atomic E-state index is 0.193. The molecule has 0 aliphatic heterocycles. The number of benzene rings is 7. The van der Waals surface area contributed by atoms with Crippen LogP contribution in [0.5, 0.6) is 0 Å². The lowest BCUT2D eigenvalue weighted by molar-refractivity contribution is 0.436. The molecule has 250 valence electrons. The van der Waals surface area contributed by atoms with Crippen LogP contribution in [0.4, 0.5) is 28.4 Å². The Balaban J connectivity index is 1.33. The molecule has 0 amide bonds. The normalized spacial score (nSPS) is 12.9. The molecule has 0 saturated heterocycles. The van der Waals surface area contributed by atoms with E-state index >= 15 is 0 Å². The Bertz CT molecular complexity index is 2120. The van der Waals surface area contributed by atoms with Crippen molar-refractivity contribution in [2.24, 2.45) is 0 Å². The zero-order valence-corrected chi connectivity index (χ0v) is 30.1. The second-order valence-corrected chi connectivity index (χ2v) is 14.1. The lowest BCUT2D eigenvalue weighted by Crippen LogP contribution is -2.40. The van der Waals surface area contributed by atoms with Crippen molar-refractivity contribution in [3.63, 3.8) is 0 Å². The van der Waals surface area contributed by atoms with E-state index in [-0.39, 0.29) is 11.0 Å². The lowest BCUT2D eigenvalue weighted by atomic mass is 9.76. The Morgan fingerprint density at radius 2 is 0.800 bits per heavy atom. The zero-order valence-electron chi connectivity index (χ0n) is 30.1. The number of para-hydroxylation sites is 1. The van der Waals surface area contributed by atoms with Gasteiger partial charge in [0.2, 0.25) is 0 Å². The van der Waals surface area contributed by atoms with Crippen LogP contribution < -0.4 is 9.80 Å². The Hall–Kier alpha value is -5.34. The maximum Gasteiger partial charge on any atom is 0.0671 e. The zero-order chi connectivity index (χ0) is 34.7. The first-order chi connectivity index (χ1) is 24.4. The second kappa shape index (κ2) is 13.9. The minimum Gasteiger partial charge on any atom is -0.331 e. The molecule has 1 unspecified atom stereocenters. The Labute approximate surface area is 298 Å². The fourth-order valence-electron chi connectivity index (χ4n) is 7.51. The maximum atomic E-state index is 2.53. The third-order valence-corrected chi connectivity index (χ3v) is 11.3. The smallest absolute Gasteiger partial charge is 0.0671 e. The van der Waals surface area contributed by atoms with Crippen LogP contribution in [0.3, 0.4) is 0 Å². The fourth-order valence-corrected chi connectivity index (χ4v) is 7.51. The summed E-state index contributed by atoms with van der Waals surface area (Å²) in [6.45, 7) is 11.7. The van der Waals surface area contributed by atoms with Gasteiger partial charge >= 0.3 is 0 Å². The number of fused-ring (bicyclic) bond motifs is 2. The highest BCUT2D eigenvalue weighted by Gasteiger charge is 2.34. The highest BCUT2D eigenvalue weighted by Crippen LogP contribution is 2.44. The van der Waals surface area contributed by atoms with Gasteiger partial charge in [0.25, 0.3) is 0 Å². The van der Waals surface area contributed by atoms with Gasteiger partial charge in [0, 0.05) is 28.4 Å². The summed E-state index contributed by atoms with van der Waals surface area (Å²) in [5, 5.41) is 4.94. The molecule has 7 aromatic carbocycles. The van der Waals surface area contributed by atoms with E-state index < -0.39 is 0 Å². The quantitative estimate of drug-likeness (QED) is 0.137. The van der Waals surface area contributed by atoms with Crippen molar-refractivity contribution in [2.45, 2.75) is 64.8 Å². The molecule has 7 rings (SSSR count). The number of rotatable bonds is 11. The summed E-state index contributed by atoms with van der Waals surface area (Å²) in [5.41, 5.74) is 8.40. The van der Waals surface area contributed by atoms with Crippen LogP contribution in [-0.2, 0) is 11.0 Å². The summed E-state index contributed by atoms with van der Waals surface area (Å²) in [5.74, 6) is 0. The molecular formula is C48H48N2. The molecule has 0 spiro atoms. The molecule has 0 N–H and O–H groups in total. The van der Waals surface area contributed by atoms with Crippen molar-refractivity contribution in [2.75, 3.05) is 9.80 Å². The van der Waals surface area contributed by atoms with Crippen LogP contribution in [0.15, 0.2) is 164 Å². The summed E-state index contributed by atoms with van der Waals surface area (Å²) in [4.78, 5) is 4.91. The average Bonchev–Trinajstić information content (AvgIpc) is 3.18. The minimum atomic E-state index is -0.271. The van der Waals surface area contributed by atoms with Gasteiger partial charge in [-0.25, -0.2) is 0 Å². The van der Waals surface area contributed by atoms with Gasteiger partial charge in [-0.3, -0.25) is 0 Å². The van der Waals surface area contributed by atoms with Crippen LogP contribution >= 0.6 is 0 Å². The summed E-state index contributed by atoms with van der Waals surface area (Å²) in [7, 11) is 0. The third kappa shape index (κ3) is 6.16. The SMILES string of the molecule is CCC(C)(CC)c1ccc(C(C)(CC)N(c2ccccc2)c2ccc(N(c3ccc4ccccc4c3)c3ccc4ccccc4c3)cc2)cc1. The highest BCUT2D eigenvalue weighted by atomic mass is 15.2. The van der Waals surface area contributed by atoms with Crippen LogP contribution in [0, 0.1) is 0 Å².